The predicted octanol–water partition coefficient (Wildman–Crippen LogP) is 6.90. The van der Waals surface area contributed by atoms with Crippen LogP contribution in [0.3, 0.4) is 0 Å². The molecule has 3 nitrogen and oxygen atoms in total. The number of aryl methyl sites for hydroxylation is 1. The van der Waals surface area contributed by atoms with Crippen LogP contribution < -0.4 is 11.1 Å². The summed E-state index contributed by atoms with van der Waals surface area (Å²) in [4.78, 5) is 4.31. The fourth-order valence-corrected chi connectivity index (χ4v) is 3.94. The molecule has 3 N–H and O–H groups in total. The van der Waals surface area contributed by atoms with Crippen LogP contribution in [0.15, 0.2) is 29.8 Å². The van der Waals surface area contributed by atoms with Crippen molar-refractivity contribution >= 4 is 32.9 Å². The fraction of sp³-hybridized carbons (Fsp3) is 0.409. The number of fused-ring (bicyclic) bond motifs is 2. The first kappa shape index (κ1) is 22.0. The fourth-order valence-electron chi connectivity index (χ4n) is 2.88. The summed E-state index contributed by atoms with van der Waals surface area (Å²) in [6, 6.07) is 6.61. The van der Waals surface area contributed by atoms with Gasteiger partial charge in [0.05, 0.1) is 0 Å². The largest absolute Gasteiger partial charge is 0.384 e. The first-order valence-electron chi connectivity index (χ1n) is 9.73. The van der Waals surface area contributed by atoms with Crippen LogP contribution in [0, 0.1) is 6.92 Å². The van der Waals surface area contributed by atoms with Crippen LogP contribution in [0.4, 0.5) is 11.5 Å². The van der Waals surface area contributed by atoms with Crippen LogP contribution in [-0.2, 0) is 6.42 Å². The number of nitrogens with two attached hydrogens (primary N) is 1. The zero-order chi connectivity index (χ0) is 19.7. The van der Waals surface area contributed by atoms with Crippen molar-refractivity contribution in [2.75, 3.05) is 17.6 Å². The number of rotatable bonds is 1. The highest BCUT2D eigenvalue weighted by Crippen LogP contribution is 2.39. The summed E-state index contributed by atoms with van der Waals surface area (Å²) in [6.45, 7) is 15.1. The summed E-state index contributed by atoms with van der Waals surface area (Å²) < 4.78 is 1.24. The summed E-state index contributed by atoms with van der Waals surface area (Å²) in [5.74, 6) is 0.625. The number of aromatic nitrogens is 1. The van der Waals surface area contributed by atoms with E-state index in [0.29, 0.717) is 5.82 Å². The third-order valence-electron chi connectivity index (χ3n) is 3.93. The summed E-state index contributed by atoms with van der Waals surface area (Å²) in [6.07, 6.45) is 2.95. The van der Waals surface area contributed by atoms with Crippen molar-refractivity contribution in [1.82, 2.24) is 4.98 Å². The zero-order valence-corrected chi connectivity index (χ0v) is 18.1. The van der Waals surface area contributed by atoms with Crippen molar-refractivity contribution in [3.05, 3.63) is 40.9 Å². The number of benzene rings is 1. The molecule has 4 rings (SSSR count). The van der Waals surface area contributed by atoms with Crippen LogP contribution in [0.25, 0.3) is 21.2 Å². The van der Waals surface area contributed by atoms with Gasteiger partial charge in [-0.2, -0.15) is 0 Å². The highest BCUT2D eigenvalue weighted by Gasteiger charge is 2.15. The maximum absolute atomic E-state index is 6.10. The van der Waals surface area contributed by atoms with Gasteiger partial charge < -0.3 is 11.1 Å². The minimum absolute atomic E-state index is 0.625. The Hall–Kier alpha value is -2.07. The van der Waals surface area contributed by atoms with E-state index in [1.165, 1.54) is 32.6 Å². The molecule has 0 spiro atoms. The maximum Gasteiger partial charge on any atom is 0.132 e. The Morgan fingerprint density at radius 2 is 1.77 bits per heavy atom. The first-order valence-corrected chi connectivity index (χ1v) is 10.6. The smallest absolute Gasteiger partial charge is 0.132 e. The normalized spacial score (nSPS) is 11.0. The second kappa shape index (κ2) is 10.8. The van der Waals surface area contributed by atoms with Crippen LogP contribution in [-0.4, -0.2) is 11.5 Å². The van der Waals surface area contributed by atoms with E-state index in [0.717, 1.165) is 18.4 Å². The number of hydrogen-bond donors (Lipinski definition) is 2. The van der Waals surface area contributed by atoms with Gasteiger partial charge in [-0.25, -0.2) is 4.98 Å². The zero-order valence-electron chi connectivity index (χ0n) is 17.2. The van der Waals surface area contributed by atoms with Gasteiger partial charge in [0.25, 0.3) is 0 Å². The third kappa shape index (κ3) is 4.36. The van der Waals surface area contributed by atoms with Gasteiger partial charge in [-0.1, -0.05) is 47.6 Å². The van der Waals surface area contributed by atoms with Crippen molar-refractivity contribution in [2.24, 2.45) is 0 Å². The average Bonchev–Trinajstić information content (AvgIpc) is 3.36. The van der Waals surface area contributed by atoms with E-state index in [9.17, 15) is 0 Å². The molecule has 3 aromatic rings. The van der Waals surface area contributed by atoms with Crippen LogP contribution in [0.1, 0.15) is 52.7 Å². The van der Waals surface area contributed by atoms with E-state index in [1.54, 1.807) is 11.3 Å². The quantitative estimate of drug-likeness (QED) is 0.489. The molecule has 0 bridgehead atoms. The van der Waals surface area contributed by atoms with E-state index in [4.69, 9.17) is 5.73 Å². The number of thiophene rings is 1. The second-order valence-corrected chi connectivity index (χ2v) is 6.11. The second-order valence-electron chi connectivity index (χ2n) is 5.23. The Morgan fingerprint density at radius 1 is 1.08 bits per heavy atom. The van der Waals surface area contributed by atoms with Gasteiger partial charge in [0.2, 0.25) is 0 Å². The molecule has 26 heavy (non-hydrogen) atoms. The Balaban J connectivity index is 0.000000515. The van der Waals surface area contributed by atoms with Crippen molar-refractivity contribution in [2.45, 2.75) is 54.9 Å². The van der Waals surface area contributed by atoms with Crippen molar-refractivity contribution in [1.29, 1.82) is 0 Å². The molecule has 0 aliphatic carbocycles. The van der Waals surface area contributed by atoms with Gasteiger partial charge in [0.15, 0.2) is 0 Å². The van der Waals surface area contributed by atoms with Gasteiger partial charge in [0.1, 0.15) is 5.82 Å². The Morgan fingerprint density at radius 3 is 2.46 bits per heavy atom. The minimum Gasteiger partial charge on any atom is -0.384 e. The van der Waals surface area contributed by atoms with Gasteiger partial charge in [-0.3, -0.25) is 0 Å². The highest BCUT2D eigenvalue weighted by molar-refractivity contribution is 7.18. The molecule has 0 fully saturated rings. The van der Waals surface area contributed by atoms with Crippen molar-refractivity contribution < 1.29 is 0 Å². The molecule has 142 valence electrons. The molecule has 3 heterocycles. The molecular formula is C22H33N3S. The van der Waals surface area contributed by atoms with Crippen LogP contribution in [0.5, 0.6) is 0 Å². The SMILES string of the molecule is CC.CC.CC.Cc1cnc(N)c2c(-c3ccc4c(c3)CCN4)csc12. The average molecular weight is 372 g/mol. The van der Waals surface area contributed by atoms with Gasteiger partial charge >= 0.3 is 0 Å². The number of pyridine rings is 1. The third-order valence-corrected chi connectivity index (χ3v) is 5.04. The summed E-state index contributed by atoms with van der Waals surface area (Å²) in [7, 11) is 0. The van der Waals surface area contributed by atoms with E-state index >= 15 is 0 Å². The molecule has 4 heteroatoms. The van der Waals surface area contributed by atoms with Gasteiger partial charge in [-0.05, 0) is 47.5 Å². The lowest BCUT2D eigenvalue weighted by molar-refractivity contribution is 1.11. The molecule has 2 aromatic heterocycles. The number of nitrogens with zero attached hydrogens (tertiary/aromatic N) is 1. The molecule has 1 aliphatic heterocycles. The minimum atomic E-state index is 0.625. The monoisotopic (exact) mass is 371 g/mol. The lowest BCUT2D eigenvalue weighted by Crippen LogP contribution is -1.92. The van der Waals surface area contributed by atoms with Crippen molar-refractivity contribution in [3.8, 4) is 11.1 Å². The van der Waals surface area contributed by atoms with Crippen LogP contribution >= 0.6 is 11.3 Å². The molecule has 0 radical (unpaired) electrons. The van der Waals surface area contributed by atoms with E-state index < -0.39 is 0 Å². The van der Waals surface area contributed by atoms with Gasteiger partial charge in [0, 0.05) is 34.1 Å². The van der Waals surface area contributed by atoms with E-state index in [-0.39, 0.29) is 0 Å². The van der Waals surface area contributed by atoms with E-state index in [2.05, 4.69) is 40.8 Å². The molecule has 0 saturated heterocycles. The first-order chi connectivity index (χ1) is 12.7. The number of hydrogen-bond acceptors (Lipinski definition) is 4. The highest BCUT2D eigenvalue weighted by atomic mass is 32.1. The summed E-state index contributed by atoms with van der Waals surface area (Å²) in [5.41, 5.74) is 12.4. The molecule has 0 saturated carbocycles. The Bertz CT molecular complexity index is 822. The number of nitrogen functional groups attached to an aromatic ring is 1. The Labute approximate surface area is 162 Å². The molecule has 1 aliphatic rings. The Kier molecular flexibility index (Phi) is 9.14. The molecule has 0 atom stereocenters. The van der Waals surface area contributed by atoms with Gasteiger partial charge in [-0.15, -0.1) is 11.3 Å². The molecule has 0 amide bonds. The standard InChI is InChI=1S/C16H15N3S.3C2H6/c1-9-7-19-16(17)14-12(8-20-15(9)14)10-2-3-13-11(6-10)4-5-18-13;3*1-2/h2-3,6-8,18H,4-5H2,1H3,(H2,17,19);3*1-2H3. The van der Waals surface area contributed by atoms with E-state index in [1.807, 2.05) is 47.7 Å². The van der Waals surface area contributed by atoms with Crippen molar-refractivity contribution in [3.63, 3.8) is 0 Å². The predicted molar refractivity (Wildman–Crippen MR) is 120 cm³/mol. The number of nitrogens with one attached hydrogen (secondary N) is 1. The van der Waals surface area contributed by atoms with Crippen LogP contribution in [0.2, 0.25) is 0 Å². The lowest BCUT2D eigenvalue weighted by Gasteiger charge is -2.06. The topological polar surface area (TPSA) is 50.9 Å². The lowest BCUT2D eigenvalue weighted by atomic mass is 10.0. The summed E-state index contributed by atoms with van der Waals surface area (Å²) in [5, 5.41) is 6.69. The molecule has 1 aromatic carbocycles. The number of anilines is 2. The summed E-state index contributed by atoms with van der Waals surface area (Å²) >= 11 is 1.75. The molecule has 0 unspecified atom stereocenters. The maximum atomic E-state index is 6.10. The molecular weight excluding hydrogens is 338 g/mol.